The lowest BCUT2D eigenvalue weighted by molar-refractivity contribution is -0.141. The van der Waals surface area contributed by atoms with Crippen LogP contribution in [-0.2, 0) is 17.5 Å². The van der Waals surface area contributed by atoms with Crippen LogP contribution >= 0.6 is 11.8 Å². The minimum atomic E-state index is -4.42. The van der Waals surface area contributed by atoms with E-state index in [1.165, 1.54) is 16.4 Å². The Hall–Kier alpha value is -1.67. The number of halogens is 3. The summed E-state index contributed by atoms with van der Waals surface area (Å²) in [5.74, 6) is 0. The van der Waals surface area contributed by atoms with Gasteiger partial charge >= 0.3 is 6.18 Å². The van der Waals surface area contributed by atoms with E-state index in [4.69, 9.17) is 4.74 Å². The highest BCUT2D eigenvalue weighted by Gasteiger charge is 2.37. The number of thioether (sulfide) groups is 1. The zero-order chi connectivity index (χ0) is 16.9. The van der Waals surface area contributed by atoms with Crippen LogP contribution < -0.4 is 5.43 Å². The summed E-state index contributed by atoms with van der Waals surface area (Å²) in [6.45, 7) is 4.85. The summed E-state index contributed by atoms with van der Waals surface area (Å²) < 4.78 is 44.3. The van der Waals surface area contributed by atoms with E-state index in [2.05, 4.69) is 10.4 Å². The van der Waals surface area contributed by atoms with E-state index in [1.54, 1.807) is 0 Å². The molecule has 0 saturated heterocycles. The molecule has 0 fully saturated rings. The highest BCUT2D eigenvalue weighted by molar-refractivity contribution is 8.00. The number of nitrogens with one attached hydrogen (secondary N) is 1. The maximum absolute atomic E-state index is 12.5. The van der Waals surface area contributed by atoms with Gasteiger partial charge in [-0.3, -0.25) is 0 Å². The van der Waals surface area contributed by atoms with Gasteiger partial charge in [0.1, 0.15) is 5.37 Å². The molecule has 8 heteroatoms. The Morgan fingerprint density at radius 3 is 2.57 bits per heavy atom. The zero-order valence-corrected chi connectivity index (χ0v) is 13.6. The average Bonchev–Trinajstić information content (AvgIpc) is 3.08. The third-order valence-electron chi connectivity index (χ3n) is 2.88. The molecule has 0 amide bonds. The second-order valence-electron chi connectivity index (χ2n) is 4.51. The molecule has 2 heterocycles. The summed E-state index contributed by atoms with van der Waals surface area (Å²) >= 11 is 1.22. The molecule has 2 aromatic rings. The fourth-order valence-corrected chi connectivity index (χ4v) is 2.87. The fourth-order valence-electron chi connectivity index (χ4n) is 1.91. The van der Waals surface area contributed by atoms with Gasteiger partial charge in [0.25, 0.3) is 0 Å². The topological polar surface area (TPSA) is 39.1 Å². The van der Waals surface area contributed by atoms with E-state index < -0.39 is 11.9 Å². The Labute approximate surface area is 137 Å². The second kappa shape index (κ2) is 7.74. The number of hydrogen-bond donors (Lipinski definition) is 1. The molecule has 1 atom stereocenters. The van der Waals surface area contributed by atoms with E-state index in [0.717, 1.165) is 11.8 Å². The molecule has 1 N–H and O–H groups in total. The Bertz CT molecular complexity index is 593. The van der Waals surface area contributed by atoms with Crippen LogP contribution in [0.15, 0.2) is 41.7 Å². The summed E-state index contributed by atoms with van der Waals surface area (Å²) in [7, 11) is 0. The number of alkyl halides is 3. The highest BCUT2D eigenvalue weighted by Crippen LogP contribution is 2.34. The molecule has 1 unspecified atom stereocenters. The summed E-state index contributed by atoms with van der Waals surface area (Å²) in [5, 5.41) is 0.161. The first-order valence-electron chi connectivity index (χ1n) is 7.24. The van der Waals surface area contributed by atoms with Crippen molar-refractivity contribution in [1.82, 2.24) is 9.66 Å². The molecule has 126 valence electrons. The van der Waals surface area contributed by atoms with Gasteiger partial charge in [0.05, 0.1) is 19.4 Å². The van der Waals surface area contributed by atoms with Gasteiger partial charge in [0.2, 0.25) is 0 Å². The van der Waals surface area contributed by atoms with Crippen LogP contribution in [-0.4, -0.2) is 21.6 Å². The number of hydrogen-bond acceptors (Lipinski definition) is 4. The summed E-state index contributed by atoms with van der Waals surface area (Å²) in [6.07, 6.45) is -3.46. The highest BCUT2D eigenvalue weighted by atomic mass is 32.2. The van der Waals surface area contributed by atoms with E-state index in [1.807, 2.05) is 44.2 Å². The van der Waals surface area contributed by atoms with Crippen molar-refractivity contribution in [2.45, 2.75) is 37.2 Å². The number of benzene rings is 1. The second-order valence-corrected chi connectivity index (χ2v) is 5.68. The van der Waals surface area contributed by atoms with Crippen LogP contribution in [0.1, 0.15) is 25.1 Å². The summed E-state index contributed by atoms with van der Waals surface area (Å²) in [6, 6.07) is 9.69. The lowest BCUT2D eigenvalue weighted by Gasteiger charge is -2.11. The molecule has 1 aromatic heterocycles. The van der Waals surface area contributed by atoms with Gasteiger partial charge in [-0.2, -0.15) is 13.2 Å². The first kappa shape index (κ1) is 17.7. The molecule has 0 aliphatic carbocycles. The average molecular weight is 345 g/mol. The smallest absolute Gasteiger partial charge is 0.374 e. The molecular weight excluding hydrogens is 327 g/mol. The van der Waals surface area contributed by atoms with Gasteiger partial charge in [-0.15, -0.1) is 0 Å². The van der Waals surface area contributed by atoms with E-state index in [0.29, 0.717) is 18.4 Å². The first-order chi connectivity index (χ1) is 11.0. The molecule has 4 nitrogen and oxygen atoms in total. The quantitative estimate of drug-likeness (QED) is 0.905. The van der Waals surface area contributed by atoms with Crippen LogP contribution in [0.4, 0.5) is 13.2 Å². The zero-order valence-electron chi connectivity index (χ0n) is 12.8. The van der Waals surface area contributed by atoms with E-state index in [-0.39, 0.29) is 5.37 Å². The molecule has 1 aromatic carbocycles. The Morgan fingerprint density at radius 1 is 1.26 bits per heavy atom. The predicted octanol–water partition coefficient (Wildman–Crippen LogP) is 4.12. The van der Waals surface area contributed by atoms with Gasteiger partial charge < -0.3 is 10.2 Å². The SMILES string of the molecule is CC.FC(F)(F)c1cn2c(n1)SC(COCc1ccccc1)N2. The largest absolute Gasteiger partial charge is 0.434 e. The van der Waals surface area contributed by atoms with Crippen molar-refractivity contribution in [1.29, 1.82) is 0 Å². The minimum absolute atomic E-state index is 0.140. The van der Waals surface area contributed by atoms with Gasteiger partial charge in [-0.25, -0.2) is 9.66 Å². The standard InChI is InChI=1S/C13H12F3N3OS.C2H6/c14-13(15,16)10-6-19-12(17-10)21-11(18-19)8-20-7-9-4-2-1-3-5-9;1-2/h1-6,11,18H,7-8H2;1-2H3. The Kier molecular flexibility index (Phi) is 5.95. The van der Waals surface area contributed by atoms with Crippen molar-refractivity contribution < 1.29 is 17.9 Å². The number of ether oxygens (including phenoxy) is 1. The van der Waals surface area contributed by atoms with Crippen LogP contribution in [0, 0.1) is 0 Å². The summed E-state index contributed by atoms with van der Waals surface area (Å²) in [5.41, 5.74) is 3.07. The van der Waals surface area contributed by atoms with Crippen molar-refractivity contribution in [2.24, 2.45) is 0 Å². The van der Waals surface area contributed by atoms with Gasteiger partial charge in [0.15, 0.2) is 10.9 Å². The molecule has 0 radical (unpaired) electrons. The molecule has 1 aliphatic heterocycles. The van der Waals surface area contributed by atoms with E-state index >= 15 is 0 Å². The molecule has 0 bridgehead atoms. The maximum Gasteiger partial charge on any atom is 0.434 e. The van der Waals surface area contributed by atoms with Gasteiger partial charge in [-0.1, -0.05) is 55.9 Å². The normalized spacial score (nSPS) is 16.3. The number of imidazole rings is 1. The monoisotopic (exact) mass is 345 g/mol. The Balaban J connectivity index is 0.000000924. The first-order valence-corrected chi connectivity index (χ1v) is 8.12. The maximum atomic E-state index is 12.5. The van der Waals surface area contributed by atoms with Crippen molar-refractivity contribution >= 4 is 11.8 Å². The minimum Gasteiger partial charge on any atom is -0.374 e. The molecule has 0 spiro atoms. The van der Waals surface area contributed by atoms with Gasteiger partial charge in [0, 0.05) is 0 Å². The molecule has 23 heavy (non-hydrogen) atoms. The number of aromatic nitrogens is 2. The molecular formula is C15H18F3N3OS. The lowest BCUT2D eigenvalue weighted by atomic mass is 10.2. The van der Waals surface area contributed by atoms with Crippen molar-refractivity contribution in [2.75, 3.05) is 12.0 Å². The van der Waals surface area contributed by atoms with Crippen LogP contribution in [0.5, 0.6) is 0 Å². The van der Waals surface area contributed by atoms with Crippen LogP contribution in [0.3, 0.4) is 0 Å². The number of rotatable bonds is 4. The lowest BCUT2D eigenvalue weighted by Crippen LogP contribution is -2.23. The Morgan fingerprint density at radius 2 is 1.96 bits per heavy atom. The summed E-state index contributed by atoms with van der Waals surface area (Å²) in [4.78, 5) is 3.56. The third kappa shape index (κ3) is 4.65. The van der Waals surface area contributed by atoms with E-state index in [9.17, 15) is 13.2 Å². The van der Waals surface area contributed by atoms with Gasteiger partial charge in [-0.05, 0) is 5.56 Å². The van der Waals surface area contributed by atoms with Crippen LogP contribution in [0.25, 0.3) is 0 Å². The van der Waals surface area contributed by atoms with Crippen molar-refractivity contribution in [3.05, 3.63) is 47.8 Å². The predicted molar refractivity (Wildman–Crippen MR) is 83.7 cm³/mol. The fraction of sp³-hybridized carbons (Fsp3) is 0.400. The van der Waals surface area contributed by atoms with Crippen molar-refractivity contribution in [3.8, 4) is 0 Å². The van der Waals surface area contributed by atoms with Crippen LogP contribution in [0.2, 0.25) is 0 Å². The van der Waals surface area contributed by atoms with Crippen molar-refractivity contribution in [3.63, 3.8) is 0 Å². The number of fused-ring (bicyclic) bond motifs is 1. The molecule has 3 rings (SSSR count). The molecule has 1 aliphatic rings. The number of nitrogens with zero attached hydrogens (tertiary/aromatic N) is 2. The third-order valence-corrected chi connectivity index (χ3v) is 3.90. The molecule has 0 saturated carbocycles.